The monoisotopic (exact) mass is 400 g/mol. The predicted octanol–water partition coefficient (Wildman–Crippen LogP) is 7.78. The zero-order valence-corrected chi connectivity index (χ0v) is 20.3. The molecule has 0 bridgehead atoms. The molecule has 7 unspecified atom stereocenters. The predicted molar refractivity (Wildman–Crippen MR) is 124 cm³/mol. The molecule has 1 nitrogen and oxygen atoms in total. The Morgan fingerprint density at radius 3 is 2.55 bits per heavy atom. The van der Waals surface area contributed by atoms with Crippen molar-refractivity contribution in [2.45, 2.75) is 118 Å². The van der Waals surface area contributed by atoms with Crippen LogP contribution in [0.5, 0.6) is 0 Å². The van der Waals surface area contributed by atoms with Crippen LogP contribution in [-0.4, -0.2) is 11.2 Å². The van der Waals surface area contributed by atoms with Gasteiger partial charge in [-0.25, -0.2) is 0 Å². The summed E-state index contributed by atoms with van der Waals surface area (Å²) in [6, 6.07) is 0. The second-order valence-corrected chi connectivity index (χ2v) is 13.3. The maximum Gasteiger partial charge on any atom is 0.0577 e. The van der Waals surface area contributed by atoms with E-state index in [1.807, 2.05) is 0 Å². The molecule has 4 rings (SSSR count). The second kappa shape index (κ2) is 7.68. The molecule has 8 atom stereocenters. The van der Waals surface area contributed by atoms with Gasteiger partial charge in [-0.2, -0.15) is 0 Å². The standard InChI is InChI=1S/C28H48O/c1-19(8-7-15-26(2,3)4)23-11-12-24-22-10-9-20-18-21(29)13-16-27(20,5)25(22)14-17-28(23,24)6/h9,19,21-25,29H,7-8,10-18H2,1-6H3/t19?,21?,22?,23-,24?,25?,27?,28?/m1/s1. The van der Waals surface area contributed by atoms with Gasteiger partial charge in [0, 0.05) is 0 Å². The number of allylic oxidation sites excluding steroid dienone is 1. The van der Waals surface area contributed by atoms with Gasteiger partial charge in [-0.05, 0) is 104 Å². The van der Waals surface area contributed by atoms with E-state index in [9.17, 15) is 5.11 Å². The van der Waals surface area contributed by atoms with E-state index >= 15 is 0 Å². The molecule has 0 aromatic rings. The summed E-state index contributed by atoms with van der Waals surface area (Å²) in [6.45, 7) is 15.0. The molecule has 0 heterocycles. The summed E-state index contributed by atoms with van der Waals surface area (Å²) in [5, 5.41) is 10.2. The number of aliphatic hydroxyl groups is 1. The number of hydrogen-bond donors (Lipinski definition) is 1. The number of rotatable bonds is 4. The SMILES string of the molecule is CC(CCCC(C)(C)C)[C@H]1CCC2C3CC=C4CC(O)CCC4(C)C3CCC21C. The highest BCUT2D eigenvalue weighted by atomic mass is 16.3. The van der Waals surface area contributed by atoms with E-state index in [4.69, 9.17) is 0 Å². The van der Waals surface area contributed by atoms with Crippen LogP contribution in [0.2, 0.25) is 0 Å². The van der Waals surface area contributed by atoms with Gasteiger partial charge in [-0.1, -0.05) is 66.0 Å². The molecule has 0 amide bonds. The molecule has 0 aromatic heterocycles. The van der Waals surface area contributed by atoms with Crippen LogP contribution >= 0.6 is 0 Å². The normalized spacial score (nSPS) is 45.8. The van der Waals surface area contributed by atoms with Crippen LogP contribution < -0.4 is 0 Å². The molecule has 0 saturated heterocycles. The lowest BCUT2D eigenvalue weighted by Gasteiger charge is -2.58. The highest BCUT2D eigenvalue weighted by Gasteiger charge is 2.59. The lowest BCUT2D eigenvalue weighted by atomic mass is 9.47. The van der Waals surface area contributed by atoms with E-state index in [0.29, 0.717) is 16.2 Å². The first kappa shape index (κ1) is 21.9. The summed E-state index contributed by atoms with van der Waals surface area (Å²) in [5.41, 5.74) is 3.07. The van der Waals surface area contributed by atoms with Gasteiger partial charge in [-0.3, -0.25) is 0 Å². The van der Waals surface area contributed by atoms with E-state index in [-0.39, 0.29) is 6.10 Å². The van der Waals surface area contributed by atoms with Crippen LogP contribution in [0.3, 0.4) is 0 Å². The molecular formula is C28H48O. The van der Waals surface area contributed by atoms with Gasteiger partial charge >= 0.3 is 0 Å². The van der Waals surface area contributed by atoms with Crippen molar-refractivity contribution in [2.75, 3.05) is 0 Å². The topological polar surface area (TPSA) is 20.2 Å². The van der Waals surface area contributed by atoms with Crippen molar-refractivity contribution in [1.82, 2.24) is 0 Å². The molecule has 1 N–H and O–H groups in total. The molecule has 0 aliphatic heterocycles. The first-order valence-corrected chi connectivity index (χ1v) is 12.9. The summed E-state index contributed by atoms with van der Waals surface area (Å²) >= 11 is 0. The van der Waals surface area contributed by atoms with Gasteiger partial charge in [0.1, 0.15) is 0 Å². The third kappa shape index (κ3) is 3.88. The molecule has 0 spiro atoms. The minimum Gasteiger partial charge on any atom is -0.393 e. The fraction of sp³-hybridized carbons (Fsp3) is 0.929. The van der Waals surface area contributed by atoms with Gasteiger partial charge in [0.25, 0.3) is 0 Å². The smallest absolute Gasteiger partial charge is 0.0577 e. The summed E-state index contributed by atoms with van der Waals surface area (Å²) in [6.07, 6.45) is 17.1. The van der Waals surface area contributed by atoms with Crippen LogP contribution in [0.15, 0.2) is 11.6 Å². The van der Waals surface area contributed by atoms with Crippen molar-refractivity contribution in [3.8, 4) is 0 Å². The van der Waals surface area contributed by atoms with Crippen LogP contribution in [0.4, 0.5) is 0 Å². The zero-order chi connectivity index (χ0) is 21.0. The van der Waals surface area contributed by atoms with Crippen molar-refractivity contribution in [2.24, 2.45) is 45.8 Å². The molecule has 1 heteroatoms. The molecule has 0 radical (unpaired) electrons. The van der Waals surface area contributed by atoms with E-state index in [2.05, 4.69) is 47.6 Å². The van der Waals surface area contributed by atoms with E-state index in [0.717, 1.165) is 42.4 Å². The summed E-state index contributed by atoms with van der Waals surface area (Å²) < 4.78 is 0. The third-order valence-electron chi connectivity index (χ3n) is 10.4. The van der Waals surface area contributed by atoms with Gasteiger partial charge in [0.2, 0.25) is 0 Å². The molecule has 166 valence electrons. The largest absolute Gasteiger partial charge is 0.393 e. The van der Waals surface area contributed by atoms with Crippen molar-refractivity contribution in [3.63, 3.8) is 0 Å². The first-order chi connectivity index (χ1) is 13.5. The number of fused-ring (bicyclic) bond motifs is 5. The van der Waals surface area contributed by atoms with Gasteiger partial charge in [0.15, 0.2) is 0 Å². The Bertz CT molecular complexity index is 627. The molecule has 3 fully saturated rings. The van der Waals surface area contributed by atoms with Crippen molar-refractivity contribution in [3.05, 3.63) is 11.6 Å². The number of hydrogen-bond acceptors (Lipinski definition) is 1. The Morgan fingerprint density at radius 1 is 1.07 bits per heavy atom. The highest BCUT2D eigenvalue weighted by molar-refractivity contribution is 5.25. The average molecular weight is 401 g/mol. The molecule has 29 heavy (non-hydrogen) atoms. The highest BCUT2D eigenvalue weighted by Crippen LogP contribution is 2.67. The fourth-order valence-corrected chi connectivity index (χ4v) is 8.77. The van der Waals surface area contributed by atoms with E-state index < -0.39 is 0 Å². The van der Waals surface area contributed by atoms with E-state index in [1.165, 1.54) is 57.8 Å². The van der Waals surface area contributed by atoms with Crippen LogP contribution in [0, 0.1) is 45.8 Å². The van der Waals surface area contributed by atoms with Crippen molar-refractivity contribution < 1.29 is 5.11 Å². The molecule has 3 saturated carbocycles. The average Bonchev–Trinajstić information content (AvgIpc) is 2.98. The Morgan fingerprint density at radius 2 is 1.83 bits per heavy atom. The Balaban J connectivity index is 1.47. The third-order valence-corrected chi connectivity index (χ3v) is 10.4. The zero-order valence-electron chi connectivity index (χ0n) is 20.3. The van der Waals surface area contributed by atoms with Crippen LogP contribution in [0.1, 0.15) is 112 Å². The summed E-state index contributed by atoms with van der Waals surface area (Å²) in [5.74, 6) is 4.56. The van der Waals surface area contributed by atoms with Crippen LogP contribution in [0.25, 0.3) is 0 Å². The number of aliphatic hydroxyl groups excluding tert-OH is 1. The minimum absolute atomic E-state index is 0.0791. The molecular weight excluding hydrogens is 352 g/mol. The van der Waals surface area contributed by atoms with Gasteiger partial charge in [0.05, 0.1) is 6.10 Å². The lowest BCUT2D eigenvalue weighted by Crippen LogP contribution is -2.50. The van der Waals surface area contributed by atoms with Gasteiger partial charge < -0.3 is 5.11 Å². The van der Waals surface area contributed by atoms with Crippen LogP contribution in [-0.2, 0) is 0 Å². The lowest BCUT2D eigenvalue weighted by molar-refractivity contribution is -0.0573. The Hall–Kier alpha value is -0.300. The van der Waals surface area contributed by atoms with Crippen molar-refractivity contribution >= 4 is 0 Å². The molecule has 0 aromatic carbocycles. The van der Waals surface area contributed by atoms with Crippen molar-refractivity contribution in [1.29, 1.82) is 0 Å². The summed E-state index contributed by atoms with van der Waals surface area (Å²) in [4.78, 5) is 0. The molecule has 4 aliphatic carbocycles. The minimum atomic E-state index is -0.0791. The molecule has 4 aliphatic rings. The maximum absolute atomic E-state index is 10.2. The van der Waals surface area contributed by atoms with E-state index in [1.54, 1.807) is 5.57 Å². The summed E-state index contributed by atoms with van der Waals surface area (Å²) in [7, 11) is 0. The second-order valence-electron chi connectivity index (χ2n) is 13.3. The first-order valence-electron chi connectivity index (χ1n) is 12.9. The fourth-order valence-electron chi connectivity index (χ4n) is 8.77. The Kier molecular flexibility index (Phi) is 5.81. The van der Waals surface area contributed by atoms with Gasteiger partial charge in [-0.15, -0.1) is 0 Å². The Labute approximate surface area is 181 Å². The quantitative estimate of drug-likeness (QED) is 0.478. The maximum atomic E-state index is 10.2.